The molecule has 3 aromatic rings. The molecule has 0 fully saturated rings. The van der Waals surface area contributed by atoms with Crippen molar-refractivity contribution in [3.05, 3.63) is 77.5 Å². The lowest BCUT2D eigenvalue weighted by Crippen LogP contribution is -2.28. The first-order valence-corrected chi connectivity index (χ1v) is 9.08. The van der Waals surface area contributed by atoms with Gasteiger partial charge in [0, 0.05) is 17.5 Å². The second-order valence-electron chi connectivity index (χ2n) is 6.58. The maximum absolute atomic E-state index is 12.6. The third-order valence-corrected chi connectivity index (χ3v) is 4.59. The summed E-state index contributed by atoms with van der Waals surface area (Å²) in [5.74, 6) is -0.879. The number of ether oxygens (including phenoxy) is 1. The van der Waals surface area contributed by atoms with E-state index in [4.69, 9.17) is 4.74 Å². The molecule has 0 N–H and O–H groups in total. The number of carbonyl (C=O) groups is 2. The van der Waals surface area contributed by atoms with Crippen molar-refractivity contribution in [2.24, 2.45) is 5.10 Å². The van der Waals surface area contributed by atoms with Crippen molar-refractivity contribution < 1.29 is 14.3 Å². The molecule has 140 valence electrons. The normalized spacial score (nSPS) is 13.5. The van der Waals surface area contributed by atoms with E-state index in [1.165, 1.54) is 5.01 Å². The van der Waals surface area contributed by atoms with Crippen molar-refractivity contribution in [1.29, 1.82) is 0 Å². The first-order chi connectivity index (χ1) is 13.6. The zero-order chi connectivity index (χ0) is 19.5. The highest BCUT2D eigenvalue weighted by Gasteiger charge is 2.23. The molecule has 1 aliphatic heterocycles. The van der Waals surface area contributed by atoms with Gasteiger partial charge in [-0.1, -0.05) is 48.5 Å². The molecular weight excluding hydrogens is 354 g/mol. The van der Waals surface area contributed by atoms with Gasteiger partial charge in [0.1, 0.15) is 0 Å². The third-order valence-electron chi connectivity index (χ3n) is 4.59. The van der Waals surface area contributed by atoms with E-state index >= 15 is 0 Å². The zero-order valence-electron chi connectivity index (χ0n) is 15.5. The molecule has 0 spiro atoms. The second-order valence-corrected chi connectivity index (χ2v) is 6.58. The Labute approximate surface area is 162 Å². The maximum Gasteiger partial charge on any atom is 0.339 e. The van der Waals surface area contributed by atoms with Crippen LogP contribution in [-0.2, 0) is 9.53 Å². The molecule has 0 radical (unpaired) electrons. The molecule has 0 unspecified atom stereocenters. The largest absolute Gasteiger partial charge is 0.452 e. The summed E-state index contributed by atoms with van der Waals surface area (Å²) >= 11 is 0. The summed E-state index contributed by atoms with van der Waals surface area (Å²) < 4.78 is 5.28. The average Bonchev–Trinajstić information content (AvgIpc) is 3.22. The third kappa shape index (κ3) is 3.62. The van der Waals surface area contributed by atoms with Crippen LogP contribution in [0.4, 0.5) is 0 Å². The standard InChI is InChI=1S/C22H19N3O3/c1-15-13-18(17-9-5-6-10-20(17)23-15)22(27)28-14-21(26)25-12-11-19(24-25)16-7-3-2-4-8-16/h2-10,13H,11-12,14H2,1H3. The van der Waals surface area contributed by atoms with Gasteiger partial charge in [0.2, 0.25) is 0 Å². The fourth-order valence-electron chi connectivity index (χ4n) is 3.23. The number of hydrazone groups is 1. The van der Waals surface area contributed by atoms with E-state index in [1.807, 2.05) is 61.5 Å². The Morgan fingerprint density at radius 3 is 2.64 bits per heavy atom. The Balaban J connectivity index is 1.45. The minimum Gasteiger partial charge on any atom is -0.452 e. The number of fused-ring (bicyclic) bond motifs is 1. The molecule has 6 nitrogen and oxygen atoms in total. The van der Waals surface area contributed by atoms with Gasteiger partial charge in [0.25, 0.3) is 5.91 Å². The van der Waals surface area contributed by atoms with Crippen LogP contribution >= 0.6 is 0 Å². The summed E-state index contributed by atoms with van der Waals surface area (Å²) in [4.78, 5) is 29.4. The van der Waals surface area contributed by atoms with Gasteiger partial charge >= 0.3 is 5.97 Å². The Hall–Kier alpha value is -3.54. The zero-order valence-corrected chi connectivity index (χ0v) is 15.5. The molecular formula is C22H19N3O3. The summed E-state index contributed by atoms with van der Waals surface area (Å²) in [6.07, 6.45) is 0.678. The molecule has 2 aromatic carbocycles. The van der Waals surface area contributed by atoms with E-state index in [1.54, 1.807) is 6.07 Å². The molecule has 0 saturated carbocycles. The van der Waals surface area contributed by atoms with Crippen LogP contribution < -0.4 is 0 Å². The molecule has 1 aliphatic rings. The Bertz CT molecular complexity index is 1080. The van der Waals surface area contributed by atoms with Crippen molar-refractivity contribution in [1.82, 2.24) is 9.99 Å². The first kappa shape index (κ1) is 17.9. The van der Waals surface area contributed by atoms with Crippen molar-refractivity contribution in [3.8, 4) is 0 Å². The molecule has 1 amide bonds. The predicted molar refractivity (Wildman–Crippen MR) is 106 cm³/mol. The van der Waals surface area contributed by atoms with Crippen LogP contribution in [0, 0.1) is 6.92 Å². The highest BCUT2D eigenvalue weighted by Crippen LogP contribution is 2.19. The highest BCUT2D eigenvalue weighted by atomic mass is 16.5. The minimum atomic E-state index is -0.540. The number of rotatable bonds is 4. The average molecular weight is 373 g/mol. The molecule has 28 heavy (non-hydrogen) atoms. The van der Waals surface area contributed by atoms with Crippen molar-refractivity contribution in [2.45, 2.75) is 13.3 Å². The molecule has 4 rings (SSSR count). The van der Waals surface area contributed by atoms with Gasteiger partial charge in [-0.05, 0) is 24.6 Å². The first-order valence-electron chi connectivity index (χ1n) is 9.08. The lowest BCUT2D eigenvalue weighted by Gasteiger charge is -2.12. The summed E-state index contributed by atoms with van der Waals surface area (Å²) in [6.45, 7) is 1.95. The molecule has 0 bridgehead atoms. The fourth-order valence-corrected chi connectivity index (χ4v) is 3.23. The van der Waals surface area contributed by atoms with Gasteiger partial charge in [-0.2, -0.15) is 5.10 Å². The highest BCUT2D eigenvalue weighted by molar-refractivity contribution is 6.04. The molecule has 2 heterocycles. The number of benzene rings is 2. The Morgan fingerprint density at radius 1 is 1.07 bits per heavy atom. The maximum atomic E-state index is 12.6. The number of carbonyl (C=O) groups excluding carboxylic acids is 2. The Kier molecular flexibility index (Phi) is 4.85. The number of aromatic nitrogens is 1. The summed E-state index contributed by atoms with van der Waals surface area (Å²) in [5, 5.41) is 6.44. The van der Waals surface area contributed by atoms with E-state index < -0.39 is 5.97 Å². The van der Waals surface area contributed by atoms with Gasteiger partial charge in [-0.3, -0.25) is 9.78 Å². The van der Waals surface area contributed by atoms with Gasteiger partial charge in [-0.25, -0.2) is 9.80 Å². The number of amides is 1. The van der Waals surface area contributed by atoms with E-state index in [0.29, 0.717) is 29.6 Å². The summed E-state index contributed by atoms with van der Waals surface area (Å²) in [5.41, 5.74) is 3.70. The SMILES string of the molecule is Cc1cc(C(=O)OCC(=O)N2CCC(c3ccccc3)=N2)c2ccccc2n1. The van der Waals surface area contributed by atoms with Crippen LogP contribution in [0.2, 0.25) is 0 Å². The monoisotopic (exact) mass is 373 g/mol. The van der Waals surface area contributed by atoms with Gasteiger partial charge in [0.05, 0.1) is 23.3 Å². The lowest BCUT2D eigenvalue weighted by molar-refractivity contribution is -0.134. The van der Waals surface area contributed by atoms with Crippen molar-refractivity contribution >= 4 is 28.5 Å². The summed E-state index contributed by atoms with van der Waals surface area (Å²) in [6, 6.07) is 18.8. The fraction of sp³-hybridized carbons (Fsp3) is 0.182. The smallest absolute Gasteiger partial charge is 0.339 e. The number of para-hydroxylation sites is 1. The van der Waals surface area contributed by atoms with Crippen molar-refractivity contribution in [3.63, 3.8) is 0 Å². The number of hydrogen-bond donors (Lipinski definition) is 0. The van der Waals surface area contributed by atoms with Crippen LogP contribution in [-0.4, -0.2) is 40.7 Å². The van der Waals surface area contributed by atoms with Crippen LogP contribution in [0.1, 0.15) is 28.0 Å². The number of esters is 1. The van der Waals surface area contributed by atoms with E-state index in [0.717, 1.165) is 16.8 Å². The summed E-state index contributed by atoms with van der Waals surface area (Å²) in [7, 11) is 0. The molecule has 6 heteroatoms. The number of nitrogens with zero attached hydrogens (tertiary/aromatic N) is 3. The number of aryl methyl sites for hydroxylation is 1. The molecule has 0 aliphatic carbocycles. The quantitative estimate of drug-likeness (QED) is 0.658. The second kappa shape index (κ2) is 7.60. The van der Waals surface area contributed by atoms with Gasteiger partial charge in [-0.15, -0.1) is 0 Å². The molecule has 0 saturated heterocycles. The van der Waals surface area contributed by atoms with E-state index in [2.05, 4.69) is 10.1 Å². The van der Waals surface area contributed by atoms with Crippen LogP contribution in [0.25, 0.3) is 10.9 Å². The predicted octanol–water partition coefficient (Wildman–Crippen LogP) is 3.34. The van der Waals surface area contributed by atoms with Gasteiger partial charge < -0.3 is 4.74 Å². The van der Waals surface area contributed by atoms with Crippen LogP contribution in [0.3, 0.4) is 0 Å². The van der Waals surface area contributed by atoms with Crippen LogP contribution in [0.15, 0.2) is 65.8 Å². The topological polar surface area (TPSA) is 71.9 Å². The van der Waals surface area contributed by atoms with Crippen molar-refractivity contribution in [2.75, 3.05) is 13.2 Å². The molecule has 0 atom stereocenters. The minimum absolute atomic E-state index is 0.339. The number of pyridine rings is 1. The van der Waals surface area contributed by atoms with Gasteiger partial charge in [0.15, 0.2) is 6.61 Å². The van der Waals surface area contributed by atoms with Crippen LogP contribution in [0.5, 0.6) is 0 Å². The van der Waals surface area contributed by atoms with E-state index in [-0.39, 0.29) is 12.5 Å². The number of hydrogen-bond acceptors (Lipinski definition) is 5. The molecule has 1 aromatic heterocycles. The lowest BCUT2D eigenvalue weighted by atomic mass is 10.1. The Morgan fingerprint density at radius 2 is 1.82 bits per heavy atom. The van der Waals surface area contributed by atoms with E-state index in [9.17, 15) is 9.59 Å².